The molecule has 1 aliphatic rings. The summed E-state index contributed by atoms with van der Waals surface area (Å²) < 4.78 is 5.75. The maximum absolute atomic E-state index is 4.04. The third kappa shape index (κ3) is 4.60. The van der Waals surface area contributed by atoms with Gasteiger partial charge in [0.1, 0.15) is 0 Å². The van der Waals surface area contributed by atoms with Crippen LogP contribution < -0.4 is 28.6 Å². The van der Waals surface area contributed by atoms with Crippen molar-refractivity contribution < 1.29 is 41.7 Å². The molecule has 0 aliphatic heterocycles. The summed E-state index contributed by atoms with van der Waals surface area (Å²) in [4.78, 5) is 0. The summed E-state index contributed by atoms with van der Waals surface area (Å²) in [6.07, 6.45) is 0. The van der Waals surface area contributed by atoms with Crippen LogP contribution in [0.15, 0.2) is 52.4 Å². The number of nitrogens with one attached hydrogen (secondary N) is 1. The molecule has 0 fully saturated rings. The van der Waals surface area contributed by atoms with Gasteiger partial charge in [0.15, 0.2) is 0 Å². The normalized spacial score (nSPS) is 15.5. The van der Waals surface area contributed by atoms with Crippen LogP contribution in [0.4, 0.5) is 0 Å². The van der Waals surface area contributed by atoms with Crippen molar-refractivity contribution in [2.75, 3.05) is 0 Å². The zero-order valence-electron chi connectivity index (χ0n) is 18.5. The molecule has 3 aromatic rings. The Balaban J connectivity index is 0.00000150. The van der Waals surface area contributed by atoms with E-state index < -0.39 is 16.8 Å². The summed E-state index contributed by atoms with van der Waals surface area (Å²) in [5.74, 6) is 0.515. The molecule has 0 radical (unpaired) electrons. The second-order valence-corrected chi connectivity index (χ2v) is 16.0. The van der Waals surface area contributed by atoms with E-state index in [0.29, 0.717) is 5.92 Å². The van der Waals surface area contributed by atoms with Crippen LogP contribution in [0.5, 0.6) is 0 Å². The van der Waals surface area contributed by atoms with E-state index in [1.165, 1.54) is 38.2 Å². The van der Waals surface area contributed by atoms with Crippen molar-refractivity contribution in [3.05, 3.63) is 63.5 Å². The quantitative estimate of drug-likeness (QED) is 0.388. The predicted molar refractivity (Wildman–Crippen MR) is 128 cm³/mol. The summed E-state index contributed by atoms with van der Waals surface area (Å²) >= 11 is -2.33. The topological polar surface area (TPSA) is 12.0 Å². The minimum absolute atomic E-state index is 0. The van der Waals surface area contributed by atoms with E-state index in [9.17, 15) is 0 Å². The van der Waals surface area contributed by atoms with Crippen molar-refractivity contribution in [3.63, 3.8) is 0 Å². The van der Waals surface area contributed by atoms with Gasteiger partial charge in [-0.05, 0) is 11.0 Å². The monoisotopic (exact) mass is 495 g/mol. The van der Waals surface area contributed by atoms with Gasteiger partial charge < -0.3 is 24.8 Å². The summed E-state index contributed by atoms with van der Waals surface area (Å²) in [6.45, 7) is 11.7. The largest absolute Gasteiger partial charge is 1.00 e. The molecule has 162 valence electrons. The molecule has 30 heavy (non-hydrogen) atoms. The third-order valence-corrected chi connectivity index (χ3v) is 11.5. The van der Waals surface area contributed by atoms with E-state index in [0.717, 1.165) is 0 Å². The Morgan fingerprint density at radius 2 is 1.43 bits per heavy atom. The Labute approximate surface area is 202 Å². The number of allylic oxidation sites excluding steroid dienone is 2. The van der Waals surface area contributed by atoms with Gasteiger partial charge in [0.25, 0.3) is 0 Å². The fourth-order valence-electron chi connectivity index (χ4n) is 5.51. The number of hydrogen-bond acceptors (Lipinski definition) is 1. The van der Waals surface area contributed by atoms with Gasteiger partial charge in [-0.15, -0.1) is 0 Å². The molecule has 0 amide bonds. The van der Waals surface area contributed by atoms with Crippen LogP contribution in [0.3, 0.4) is 0 Å². The second kappa shape index (κ2) is 9.48. The Hall–Kier alpha value is -0.609. The van der Waals surface area contributed by atoms with Gasteiger partial charge in [-0.1, -0.05) is 0 Å². The van der Waals surface area contributed by atoms with E-state index in [-0.39, 0.29) is 41.3 Å². The maximum atomic E-state index is 4.04. The molecule has 3 aromatic carbocycles. The molecule has 1 nitrogen and oxygen atoms in total. The van der Waals surface area contributed by atoms with Crippen molar-refractivity contribution in [2.45, 2.75) is 56.5 Å². The Bertz CT molecular complexity index is 1100. The molecule has 4 rings (SSSR count). The Morgan fingerprint density at radius 3 is 2.07 bits per heavy atom. The average Bonchev–Trinajstić information content (AvgIpc) is 2.84. The molecule has 0 saturated heterocycles. The van der Waals surface area contributed by atoms with Crippen LogP contribution in [0.2, 0.25) is 10.5 Å². The van der Waals surface area contributed by atoms with Crippen molar-refractivity contribution in [2.24, 2.45) is 0 Å². The summed E-state index contributed by atoms with van der Waals surface area (Å²) in [7, 11) is 0. The molecule has 1 atom stereocenters. The van der Waals surface area contributed by atoms with Gasteiger partial charge in [-0.25, -0.2) is 0 Å². The molecule has 1 aliphatic carbocycles. The van der Waals surface area contributed by atoms with Crippen molar-refractivity contribution >= 4 is 38.1 Å². The SMILES string of the molecule is CC1=[C]([Ti+2]([CH3])([CH3])[NH]C(C)(C)C)C(C)c2ccc3c(ccc4ccccc43)c21.[Cl-].[Cl-].[SiH4]. The molecule has 0 saturated carbocycles. The van der Waals surface area contributed by atoms with Crippen molar-refractivity contribution in [1.29, 1.82) is 0 Å². The van der Waals surface area contributed by atoms with E-state index >= 15 is 0 Å². The smallest absolute Gasteiger partial charge is 0.0149 e. The maximum Gasteiger partial charge on any atom is -0.0149 e. The van der Waals surface area contributed by atoms with Gasteiger partial charge in [0.05, 0.1) is 0 Å². The summed E-state index contributed by atoms with van der Waals surface area (Å²) in [5.41, 5.74) is 4.69. The molecular weight excluding hydrogens is 461 g/mol. The number of hydrogen-bond donors (Lipinski definition) is 1. The first-order valence-electron chi connectivity index (χ1n) is 10.1. The zero-order chi connectivity index (χ0) is 19.6. The van der Waals surface area contributed by atoms with E-state index in [4.69, 9.17) is 0 Å². The van der Waals surface area contributed by atoms with E-state index in [2.05, 4.69) is 97.4 Å². The van der Waals surface area contributed by atoms with Gasteiger partial charge >= 0.3 is 168 Å². The molecule has 0 bridgehead atoms. The standard InChI is InChI=1S/C19H15.C4H10N.2CH3.2ClH.H4Si.Ti/c1-12-11-13(2)19-15(12)9-10-17-16-6-4-3-5-14(16)7-8-18(17)19;1-4(2,3)5;;;;;;/h3-10,12H,1-2H3;5H,1-3H3;2*1H3;2*1H;1H4;/q;-1;;;;;;+3/p-2. The van der Waals surface area contributed by atoms with Crippen LogP contribution in [-0.4, -0.2) is 16.5 Å². The number of rotatable bonds is 2. The zero-order valence-corrected chi connectivity index (χ0v) is 21.5. The molecule has 0 spiro atoms. The third-order valence-electron chi connectivity index (χ3n) is 6.00. The molecule has 1 N–H and O–H groups in total. The Kier molecular flexibility index (Phi) is 8.67. The first kappa shape index (κ1) is 27.4. The molecule has 1 unspecified atom stereocenters. The molecular formula is C25H35Cl2NSiTi. The Morgan fingerprint density at radius 1 is 0.833 bits per heavy atom. The summed E-state index contributed by atoms with van der Waals surface area (Å²) in [6, 6.07) is 18.1. The van der Waals surface area contributed by atoms with Gasteiger partial charge in [-0.3, -0.25) is 0 Å². The van der Waals surface area contributed by atoms with Gasteiger partial charge in [0.2, 0.25) is 0 Å². The predicted octanol–water partition coefficient (Wildman–Crippen LogP) is -0.0493. The van der Waals surface area contributed by atoms with Gasteiger partial charge in [0, 0.05) is 0 Å². The molecule has 0 heterocycles. The van der Waals surface area contributed by atoms with Crippen molar-refractivity contribution in [1.82, 2.24) is 3.80 Å². The van der Waals surface area contributed by atoms with E-state index in [1.807, 2.05) is 0 Å². The fraction of sp³-hybridized carbons (Fsp3) is 0.360. The average molecular weight is 496 g/mol. The van der Waals surface area contributed by atoms with Crippen LogP contribution in [0.1, 0.15) is 51.7 Å². The molecule has 5 heteroatoms. The van der Waals surface area contributed by atoms with Gasteiger partial charge in [-0.2, -0.15) is 0 Å². The minimum atomic E-state index is -2.33. The minimum Gasteiger partial charge on any atom is -1.00 e. The van der Waals surface area contributed by atoms with Crippen LogP contribution >= 0.6 is 0 Å². The molecule has 0 aromatic heterocycles. The van der Waals surface area contributed by atoms with Crippen molar-refractivity contribution in [3.8, 4) is 0 Å². The first-order valence-corrected chi connectivity index (χ1v) is 14.7. The number of benzene rings is 3. The summed E-state index contributed by atoms with van der Waals surface area (Å²) in [5, 5.41) is 10.5. The number of halogens is 2. The van der Waals surface area contributed by atoms with Crippen LogP contribution in [0, 0.1) is 0 Å². The second-order valence-electron chi connectivity index (χ2n) is 9.67. The first-order chi connectivity index (χ1) is 12.6. The van der Waals surface area contributed by atoms with E-state index in [1.54, 1.807) is 3.88 Å². The fourth-order valence-corrected chi connectivity index (χ4v) is 12.2. The van der Waals surface area contributed by atoms with Crippen LogP contribution in [0.25, 0.3) is 27.1 Å². The number of fused-ring (bicyclic) bond motifs is 5. The van der Waals surface area contributed by atoms with Crippen LogP contribution in [-0.2, 0) is 16.8 Å².